The van der Waals surface area contributed by atoms with Crippen LogP contribution in [0.15, 0.2) is 0 Å². The van der Waals surface area contributed by atoms with E-state index < -0.39 is 11.6 Å². The van der Waals surface area contributed by atoms with Crippen LogP contribution in [0.4, 0.5) is 4.79 Å². The molecular weight excluding hydrogens is 322 g/mol. The minimum Gasteiger partial charge on any atom is -0.450 e. The van der Waals surface area contributed by atoms with Gasteiger partial charge in [0.25, 0.3) is 0 Å². The smallest absolute Gasteiger partial charge is 0.409 e. The summed E-state index contributed by atoms with van der Waals surface area (Å²) in [7, 11) is 0. The van der Waals surface area contributed by atoms with Crippen molar-refractivity contribution in [1.29, 1.82) is 0 Å². The van der Waals surface area contributed by atoms with E-state index in [1.54, 1.807) is 16.7 Å². The van der Waals surface area contributed by atoms with Gasteiger partial charge in [-0.1, -0.05) is 20.8 Å². The summed E-state index contributed by atoms with van der Waals surface area (Å²) in [6.07, 6.45) is 2.02. The molecule has 0 aromatic heterocycles. The molecule has 2 heterocycles. The maximum absolute atomic E-state index is 13.0. The topological polar surface area (TPSA) is 79.0 Å². The molecule has 0 saturated carbocycles. The molecule has 1 unspecified atom stereocenters. The normalized spacial score (nSPS) is 23.2. The Morgan fingerprint density at radius 3 is 2.44 bits per heavy atom. The molecule has 1 N–H and O–H groups in total. The number of hydrogen-bond donors (Lipinski definition) is 1. The minimum absolute atomic E-state index is 0.0136. The third-order valence-corrected chi connectivity index (χ3v) is 5.08. The molecule has 7 nitrogen and oxygen atoms in total. The molecule has 2 fully saturated rings. The lowest BCUT2D eigenvalue weighted by atomic mass is 9.81. The van der Waals surface area contributed by atoms with Crippen LogP contribution in [0, 0.1) is 5.92 Å². The van der Waals surface area contributed by atoms with Crippen molar-refractivity contribution >= 4 is 17.9 Å². The van der Waals surface area contributed by atoms with E-state index in [-0.39, 0.29) is 17.9 Å². The number of nitrogens with one attached hydrogen (secondary N) is 1. The van der Waals surface area contributed by atoms with Crippen molar-refractivity contribution in [1.82, 2.24) is 15.1 Å². The molecule has 25 heavy (non-hydrogen) atoms. The van der Waals surface area contributed by atoms with E-state index in [0.717, 1.165) is 6.42 Å². The van der Waals surface area contributed by atoms with E-state index in [4.69, 9.17) is 4.74 Å². The highest BCUT2D eigenvalue weighted by Crippen LogP contribution is 2.34. The fourth-order valence-electron chi connectivity index (χ4n) is 3.83. The molecule has 2 aliphatic heterocycles. The van der Waals surface area contributed by atoms with E-state index in [0.29, 0.717) is 51.4 Å². The Labute approximate surface area is 150 Å². The third-order valence-electron chi connectivity index (χ3n) is 5.08. The van der Waals surface area contributed by atoms with E-state index >= 15 is 0 Å². The maximum Gasteiger partial charge on any atom is 0.409 e. The van der Waals surface area contributed by atoms with Gasteiger partial charge >= 0.3 is 6.09 Å². The van der Waals surface area contributed by atoms with Gasteiger partial charge in [0.05, 0.1) is 6.61 Å². The van der Waals surface area contributed by atoms with Gasteiger partial charge in [0.15, 0.2) is 0 Å². The number of carbonyl (C=O) groups is 3. The number of likely N-dealkylation sites (tertiary alicyclic amines) is 1. The van der Waals surface area contributed by atoms with Gasteiger partial charge in [-0.3, -0.25) is 9.59 Å². The van der Waals surface area contributed by atoms with E-state index in [9.17, 15) is 14.4 Å². The summed E-state index contributed by atoms with van der Waals surface area (Å²) in [5.74, 6) is 0.270. The van der Waals surface area contributed by atoms with Crippen LogP contribution in [0.2, 0.25) is 0 Å². The predicted octanol–water partition coefficient (Wildman–Crippen LogP) is 1.76. The Morgan fingerprint density at radius 2 is 1.92 bits per heavy atom. The standard InChI is InChI=1S/C18H31N3O4/c1-5-9-21-15(22)14(12-13(3)4)19-16(23)18(21)7-10-20(11-8-18)17(24)25-6-2/h13-14H,5-12H2,1-4H3,(H,19,23). The average molecular weight is 353 g/mol. The largest absolute Gasteiger partial charge is 0.450 e. The third kappa shape index (κ3) is 3.90. The molecule has 1 spiro atoms. The van der Waals surface area contributed by atoms with Crippen molar-refractivity contribution in [3.8, 4) is 0 Å². The lowest BCUT2D eigenvalue weighted by Gasteiger charge is -2.51. The highest BCUT2D eigenvalue weighted by molar-refractivity contribution is 6.00. The summed E-state index contributed by atoms with van der Waals surface area (Å²) >= 11 is 0. The van der Waals surface area contributed by atoms with Gasteiger partial charge in [0, 0.05) is 19.6 Å². The first-order valence-corrected chi connectivity index (χ1v) is 9.39. The summed E-state index contributed by atoms with van der Waals surface area (Å²) in [6, 6.07) is -0.437. The Morgan fingerprint density at radius 1 is 1.28 bits per heavy atom. The van der Waals surface area contributed by atoms with Crippen molar-refractivity contribution in [2.75, 3.05) is 26.2 Å². The van der Waals surface area contributed by atoms with Crippen molar-refractivity contribution < 1.29 is 19.1 Å². The van der Waals surface area contributed by atoms with Crippen LogP contribution in [0.25, 0.3) is 0 Å². The SMILES string of the molecule is CCCN1C(=O)C(CC(C)C)NC(=O)C12CCN(C(=O)OCC)CC2. The number of piperazine rings is 1. The van der Waals surface area contributed by atoms with Crippen LogP contribution in [-0.2, 0) is 14.3 Å². The maximum atomic E-state index is 13.0. The molecule has 1 atom stereocenters. The number of hydrogen-bond acceptors (Lipinski definition) is 4. The minimum atomic E-state index is -0.830. The number of piperidine rings is 1. The van der Waals surface area contributed by atoms with Gasteiger partial charge < -0.3 is 19.9 Å². The first-order valence-electron chi connectivity index (χ1n) is 9.39. The second-order valence-corrected chi connectivity index (χ2v) is 7.36. The fourth-order valence-corrected chi connectivity index (χ4v) is 3.83. The molecule has 142 valence electrons. The van der Waals surface area contributed by atoms with Crippen molar-refractivity contribution in [3.05, 3.63) is 0 Å². The number of ether oxygens (including phenoxy) is 1. The van der Waals surface area contributed by atoms with Gasteiger partial charge in [-0.25, -0.2) is 4.79 Å². The molecule has 2 saturated heterocycles. The van der Waals surface area contributed by atoms with Gasteiger partial charge in [-0.15, -0.1) is 0 Å². The molecule has 3 amide bonds. The van der Waals surface area contributed by atoms with Gasteiger partial charge in [-0.05, 0) is 38.5 Å². The Balaban J connectivity index is 2.17. The second-order valence-electron chi connectivity index (χ2n) is 7.36. The highest BCUT2D eigenvalue weighted by atomic mass is 16.6. The van der Waals surface area contributed by atoms with Crippen LogP contribution in [0.3, 0.4) is 0 Å². The number of rotatable bonds is 5. The van der Waals surface area contributed by atoms with Crippen LogP contribution >= 0.6 is 0 Å². The molecule has 7 heteroatoms. The molecule has 0 aromatic rings. The Kier molecular flexibility index (Phi) is 6.30. The van der Waals surface area contributed by atoms with Gasteiger partial charge in [-0.2, -0.15) is 0 Å². The van der Waals surface area contributed by atoms with Crippen LogP contribution in [0.1, 0.15) is 53.4 Å². The molecule has 0 radical (unpaired) electrons. The second kappa shape index (κ2) is 8.06. The quantitative estimate of drug-likeness (QED) is 0.817. The average Bonchev–Trinajstić information content (AvgIpc) is 2.57. The Bertz CT molecular complexity index is 512. The molecule has 2 aliphatic rings. The van der Waals surface area contributed by atoms with Crippen LogP contribution in [0.5, 0.6) is 0 Å². The fraction of sp³-hybridized carbons (Fsp3) is 0.833. The molecule has 0 aromatic carbocycles. The van der Waals surface area contributed by atoms with Crippen molar-refractivity contribution in [3.63, 3.8) is 0 Å². The summed E-state index contributed by atoms with van der Waals surface area (Å²) in [5, 5.41) is 2.95. The lowest BCUT2D eigenvalue weighted by Crippen LogP contribution is -2.73. The molecular formula is C18H31N3O4. The zero-order valence-corrected chi connectivity index (χ0v) is 15.8. The highest BCUT2D eigenvalue weighted by Gasteiger charge is 2.53. The number of carbonyl (C=O) groups excluding carboxylic acids is 3. The van der Waals surface area contributed by atoms with Crippen LogP contribution < -0.4 is 5.32 Å². The van der Waals surface area contributed by atoms with Gasteiger partial charge in [0.2, 0.25) is 11.8 Å². The van der Waals surface area contributed by atoms with E-state index in [1.165, 1.54) is 0 Å². The summed E-state index contributed by atoms with van der Waals surface area (Å²) in [6.45, 7) is 9.63. The monoisotopic (exact) mass is 353 g/mol. The zero-order chi connectivity index (χ0) is 18.6. The van der Waals surface area contributed by atoms with E-state index in [1.807, 2.05) is 20.8 Å². The predicted molar refractivity (Wildman–Crippen MR) is 93.9 cm³/mol. The lowest BCUT2D eigenvalue weighted by molar-refractivity contribution is -0.161. The first-order chi connectivity index (χ1) is 11.9. The zero-order valence-electron chi connectivity index (χ0n) is 15.8. The molecule has 0 bridgehead atoms. The van der Waals surface area contributed by atoms with Crippen LogP contribution in [-0.4, -0.2) is 65.5 Å². The summed E-state index contributed by atoms with van der Waals surface area (Å²) in [5.41, 5.74) is -0.830. The molecule has 2 rings (SSSR count). The molecule has 0 aliphatic carbocycles. The van der Waals surface area contributed by atoms with Crippen molar-refractivity contribution in [2.45, 2.75) is 65.0 Å². The first kappa shape index (κ1) is 19.5. The summed E-state index contributed by atoms with van der Waals surface area (Å²) in [4.78, 5) is 41.3. The van der Waals surface area contributed by atoms with Gasteiger partial charge in [0.1, 0.15) is 11.6 Å². The number of nitrogens with zero attached hydrogens (tertiary/aromatic N) is 2. The number of amides is 3. The summed E-state index contributed by atoms with van der Waals surface area (Å²) < 4.78 is 5.05. The Hall–Kier alpha value is -1.79. The van der Waals surface area contributed by atoms with E-state index in [2.05, 4.69) is 5.32 Å². The van der Waals surface area contributed by atoms with Crippen molar-refractivity contribution in [2.24, 2.45) is 5.92 Å².